The van der Waals surface area contributed by atoms with Gasteiger partial charge in [0.15, 0.2) is 0 Å². The van der Waals surface area contributed by atoms with Gasteiger partial charge in [-0.3, -0.25) is 9.59 Å². The summed E-state index contributed by atoms with van der Waals surface area (Å²) in [7, 11) is 0. The quantitative estimate of drug-likeness (QED) is 0.324. The molecule has 0 saturated carbocycles. The topological polar surface area (TPSA) is 94.2 Å². The number of carbonyl (C=O) groups excluding carboxylic acids is 3. The van der Waals surface area contributed by atoms with Gasteiger partial charge in [0.05, 0.1) is 12.1 Å². The average Bonchev–Trinajstić information content (AvgIpc) is 3.19. The molecule has 2 aromatic rings. The van der Waals surface area contributed by atoms with Gasteiger partial charge in [-0.2, -0.15) is 0 Å². The Kier molecular flexibility index (Phi) is 8.73. The summed E-state index contributed by atoms with van der Waals surface area (Å²) in [6, 6.07) is 14.5. The maximum absolute atomic E-state index is 12.8. The maximum atomic E-state index is 12.8. The Morgan fingerprint density at radius 2 is 1.77 bits per heavy atom. The number of nitrogens with one attached hydrogen (secondary N) is 1. The number of unbranched alkanes of at least 4 members (excludes halogenated alkanes) is 1. The van der Waals surface area contributed by atoms with Gasteiger partial charge < -0.3 is 24.4 Å². The Morgan fingerprint density at radius 3 is 2.49 bits per heavy atom. The molecule has 3 rings (SSSR count). The van der Waals surface area contributed by atoms with E-state index in [0.717, 1.165) is 17.7 Å². The molecule has 8 nitrogen and oxygen atoms in total. The van der Waals surface area contributed by atoms with Crippen molar-refractivity contribution in [2.45, 2.75) is 58.7 Å². The summed E-state index contributed by atoms with van der Waals surface area (Å²) in [5.41, 5.74) is 0.840. The highest BCUT2D eigenvalue weighted by atomic mass is 16.6. The lowest BCUT2D eigenvalue weighted by Crippen LogP contribution is -2.43. The number of rotatable bonds is 9. The number of fused-ring (bicyclic) bond motifs is 1. The Labute approximate surface area is 206 Å². The van der Waals surface area contributed by atoms with Crippen molar-refractivity contribution >= 4 is 18.0 Å². The lowest BCUT2D eigenvalue weighted by Gasteiger charge is -2.29. The van der Waals surface area contributed by atoms with Gasteiger partial charge in [-0.05, 0) is 57.4 Å². The zero-order valence-electron chi connectivity index (χ0n) is 20.8. The predicted octanol–water partition coefficient (Wildman–Crippen LogP) is 4.36. The summed E-state index contributed by atoms with van der Waals surface area (Å²) in [5.74, 6) is 0.286. The summed E-state index contributed by atoms with van der Waals surface area (Å²) >= 11 is 0. The van der Waals surface area contributed by atoms with Gasteiger partial charge in [0, 0.05) is 26.4 Å². The van der Waals surface area contributed by atoms with E-state index in [2.05, 4.69) is 5.32 Å². The lowest BCUT2D eigenvalue weighted by atomic mass is 10.1. The Balaban J connectivity index is 1.51. The number of para-hydroxylation sites is 2. The Morgan fingerprint density at radius 1 is 1.06 bits per heavy atom. The zero-order valence-corrected chi connectivity index (χ0v) is 20.8. The molecule has 2 aromatic carbocycles. The van der Waals surface area contributed by atoms with Crippen molar-refractivity contribution in [2.24, 2.45) is 0 Å². The van der Waals surface area contributed by atoms with E-state index in [4.69, 9.17) is 14.2 Å². The van der Waals surface area contributed by atoms with Crippen LogP contribution in [0.4, 0.5) is 4.79 Å². The molecule has 0 bridgehead atoms. The van der Waals surface area contributed by atoms with Crippen molar-refractivity contribution < 1.29 is 28.6 Å². The second-order valence-corrected chi connectivity index (χ2v) is 9.53. The average molecular weight is 483 g/mol. The van der Waals surface area contributed by atoms with E-state index in [9.17, 15) is 14.4 Å². The first-order valence-electron chi connectivity index (χ1n) is 11.9. The number of esters is 1. The molecule has 0 saturated heterocycles. The van der Waals surface area contributed by atoms with Crippen LogP contribution in [0.5, 0.6) is 11.5 Å². The van der Waals surface area contributed by atoms with E-state index in [0.29, 0.717) is 38.0 Å². The van der Waals surface area contributed by atoms with E-state index in [1.165, 1.54) is 6.92 Å². The van der Waals surface area contributed by atoms with Crippen LogP contribution in [0.1, 0.15) is 56.5 Å². The Bertz CT molecular complexity index is 1020. The van der Waals surface area contributed by atoms with Crippen LogP contribution in [-0.2, 0) is 16.0 Å². The van der Waals surface area contributed by atoms with Gasteiger partial charge in [0.2, 0.25) is 0 Å². The highest BCUT2D eigenvalue weighted by molar-refractivity contribution is 5.97. The van der Waals surface area contributed by atoms with Gasteiger partial charge >= 0.3 is 12.1 Å². The number of hydrogen-bond donors (Lipinski definition) is 1. The van der Waals surface area contributed by atoms with Crippen LogP contribution in [0.2, 0.25) is 0 Å². The van der Waals surface area contributed by atoms with E-state index in [1.807, 2.05) is 45.0 Å². The van der Waals surface area contributed by atoms with Gasteiger partial charge in [-0.15, -0.1) is 0 Å². The molecular weight excluding hydrogens is 448 g/mol. The van der Waals surface area contributed by atoms with Crippen molar-refractivity contribution in [3.05, 3.63) is 59.7 Å². The van der Waals surface area contributed by atoms with Crippen molar-refractivity contribution in [3.8, 4) is 11.5 Å². The van der Waals surface area contributed by atoms with Crippen molar-refractivity contribution in [2.75, 3.05) is 19.6 Å². The second-order valence-electron chi connectivity index (χ2n) is 9.53. The minimum Gasteiger partial charge on any atom is -0.488 e. The molecule has 2 amide bonds. The fourth-order valence-electron chi connectivity index (χ4n) is 3.81. The van der Waals surface area contributed by atoms with E-state index in [-0.39, 0.29) is 23.9 Å². The van der Waals surface area contributed by atoms with E-state index in [1.54, 1.807) is 29.2 Å². The minimum atomic E-state index is -0.599. The Hall–Kier alpha value is -3.55. The van der Waals surface area contributed by atoms with Crippen LogP contribution in [0.15, 0.2) is 48.5 Å². The smallest absolute Gasteiger partial charge is 0.410 e. The fourth-order valence-corrected chi connectivity index (χ4v) is 3.81. The number of amides is 2. The van der Waals surface area contributed by atoms with Crippen LogP contribution in [0.25, 0.3) is 0 Å². The first-order chi connectivity index (χ1) is 16.6. The molecule has 0 spiro atoms. The highest BCUT2D eigenvalue weighted by Gasteiger charge is 2.29. The fraction of sp³-hybridized carbons (Fsp3) is 0.444. The third-order valence-electron chi connectivity index (χ3n) is 5.32. The van der Waals surface area contributed by atoms with Crippen molar-refractivity contribution in [1.29, 1.82) is 0 Å². The molecule has 1 aliphatic heterocycles. The molecule has 188 valence electrons. The summed E-state index contributed by atoms with van der Waals surface area (Å²) in [6.45, 7) is 8.13. The monoisotopic (exact) mass is 482 g/mol. The molecule has 0 fully saturated rings. The minimum absolute atomic E-state index is 0.127. The predicted molar refractivity (Wildman–Crippen MR) is 132 cm³/mol. The molecule has 1 aliphatic rings. The lowest BCUT2D eigenvalue weighted by molar-refractivity contribution is -0.131. The molecule has 0 radical (unpaired) electrons. The van der Waals surface area contributed by atoms with Crippen LogP contribution < -0.4 is 14.8 Å². The normalized spacial score (nSPS) is 14.5. The SMILES string of the molecule is CC(=O)Oc1ccccc1C(=O)NCCCCN(CC1Cc2ccccc2O1)C(=O)OC(C)(C)C. The molecule has 0 aliphatic carbocycles. The molecular formula is C27H34N2O6. The summed E-state index contributed by atoms with van der Waals surface area (Å²) in [4.78, 5) is 38.3. The van der Waals surface area contributed by atoms with Gasteiger partial charge in [-0.1, -0.05) is 30.3 Å². The van der Waals surface area contributed by atoms with E-state index < -0.39 is 11.6 Å². The van der Waals surface area contributed by atoms with E-state index >= 15 is 0 Å². The summed E-state index contributed by atoms with van der Waals surface area (Å²) < 4.78 is 16.7. The van der Waals surface area contributed by atoms with Crippen LogP contribution in [0.3, 0.4) is 0 Å². The first-order valence-corrected chi connectivity index (χ1v) is 11.9. The molecule has 1 heterocycles. The zero-order chi connectivity index (χ0) is 25.4. The van der Waals surface area contributed by atoms with Gasteiger partial charge in [0.1, 0.15) is 23.2 Å². The number of benzene rings is 2. The van der Waals surface area contributed by atoms with Crippen molar-refractivity contribution in [3.63, 3.8) is 0 Å². The molecule has 1 atom stereocenters. The number of nitrogens with zero attached hydrogens (tertiary/aromatic N) is 1. The summed E-state index contributed by atoms with van der Waals surface area (Å²) in [6.07, 6.45) is 1.57. The molecule has 1 unspecified atom stereocenters. The molecule has 1 N–H and O–H groups in total. The van der Waals surface area contributed by atoms with Crippen LogP contribution >= 0.6 is 0 Å². The first kappa shape index (κ1) is 26.1. The van der Waals surface area contributed by atoms with Gasteiger partial charge in [0.25, 0.3) is 5.91 Å². The third kappa shape index (κ3) is 8.02. The largest absolute Gasteiger partial charge is 0.488 e. The number of hydrogen-bond acceptors (Lipinski definition) is 6. The number of carbonyl (C=O) groups is 3. The summed E-state index contributed by atoms with van der Waals surface area (Å²) in [5, 5.41) is 2.85. The van der Waals surface area contributed by atoms with Gasteiger partial charge in [-0.25, -0.2) is 4.79 Å². The second kappa shape index (κ2) is 11.7. The van der Waals surface area contributed by atoms with Crippen molar-refractivity contribution in [1.82, 2.24) is 10.2 Å². The third-order valence-corrected chi connectivity index (χ3v) is 5.32. The molecule has 35 heavy (non-hydrogen) atoms. The highest BCUT2D eigenvalue weighted by Crippen LogP contribution is 2.28. The molecule has 8 heteroatoms. The van der Waals surface area contributed by atoms with Crippen LogP contribution in [-0.4, -0.2) is 54.2 Å². The standard InChI is InChI=1S/C27H34N2O6/c1-19(30)33-24-14-8-6-12-22(24)25(31)28-15-9-10-16-29(26(32)35-27(2,3)4)18-21-17-20-11-5-7-13-23(20)34-21/h5-8,11-14,21H,9-10,15-18H2,1-4H3,(H,28,31). The molecule has 0 aromatic heterocycles. The maximum Gasteiger partial charge on any atom is 0.410 e. The number of ether oxygens (including phenoxy) is 3. The van der Waals surface area contributed by atoms with Crippen LogP contribution in [0, 0.1) is 0 Å².